The fourth-order valence-electron chi connectivity index (χ4n) is 14.9. The van der Waals surface area contributed by atoms with Crippen molar-refractivity contribution in [1.82, 2.24) is 5.43 Å². The molecule has 0 bridgehead atoms. The number of hydrazine groups is 1. The number of esters is 3. The van der Waals surface area contributed by atoms with E-state index < -0.39 is 28.9 Å². The second-order valence-electron chi connectivity index (χ2n) is 32.8. The van der Waals surface area contributed by atoms with Gasteiger partial charge < -0.3 is 53.3 Å². The molecule has 3 atom stereocenters. The number of fused-ring (bicyclic) bond motifs is 4. The molecule has 1 fully saturated rings. The molecule has 8 aromatic carbocycles. The number of anilines is 2. The van der Waals surface area contributed by atoms with E-state index in [-0.39, 0.29) is 151 Å². The smallest absolute Gasteiger partial charge is 0.768 e. The molecule has 1 heterocycles. The number of aryl methyl sites for hydroxylation is 3. The van der Waals surface area contributed by atoms with Crippen LogP contribution in [0.2, 0.25) is 35.2 Å². The number of aromatic hydroxyl groups is 2. The van der Waals surface area contributed by atoms with Crippen molar-refractivity contribution in [3.05, 3.63) is 212 Å². The van der Waals surface area contributed by atoms with E-state index >= 15 is 0 Å². The Bertz CT molecular complexity index is 5190. The van der Waals surface area contributed by atoms with Crippen LogP contribution in [0.3, 0.4) is 0 Å². The number of benzene rings is 8. The van der Waals surface area contributed by atoms with Gasteiger partial charge in [-0.2, -0.15) is 4.33 Å². The Morgan fingerprint density at radius 1 is 0.621 bits per heavy atom. The van der Waals surface area contributed by atoms with Gasteiger partial charge in [-0.1, -0.05) is 195 Å². The van der Waals surface area contributed by atoms with Gasteiger partial charge in [0.1, 0.15) is 35.5 Å². The minimum absolute atomic E-state index is 0. The summed E-state index contributed by atoms with van der Waals surface area (Å²) in [6.45, 7) is 37.0. The van der Waals surface area contributed by atoms with E-state index in [1.165, 1.54) is 107 Å². The van der Waals surface area contributed by atoms with Crippen molar-refractivity contribution in [2.24, 2.45) is 15.9 Å². The van der Waals surface area contributed by atoms with E-state index in [0.717, 1.165) is 124 Å². The summed E-state index contributed by atoms with van der Waals surface area (Å²) in [7, 11) is 2.00. The van der Waals surface area contributed by atoms with E-state index in [2.05, 4.69) is 130 Å². The molecule has 3 aliphatic rings. The van der Waals surface area contributed by atoms with Crippen LogP contribution in [-0.4, -0.2) is 119 Å². The zero-order valence-corrected chi connectivity index (χ0v) is 87.0. The number of phenols is 2. The van der Waals surface area contributed by atoms with Crippen LogP contribution in [0.1, 0.15) is 250 Å². The Hall–Kier alpha value is -7.71. The number of phenolic OH excluding ortho intramolecular Hbond substituents is 2. The SMILES string of the molecule is CCCCC(CCCC)COC(=O)CC(CCC)SOO[O-].CCCOc1cc2c(cc1C)C1(CC2(C)C)CC(C)(C)c2cc(OCCC)c(OCCC)cc21.CCN(C)c1ccc(N=C2C(=O)N(c3c(Cl)cc(Cl)cc3Cl)NC2=Nc2cc(C)ccc2Cl)cc1.CCOC(=O)c1cc(Cl)c(OC(C)=O)c(Cl)c1.Cc1cc(O)c(Cl)cc1O.O=Cc1cc(C=O)cc(S(=O)[O-])c1.[Na+]. The Morgan fingerprint density at radius 2 is 1.16 bits per heavy atom. The fourth-order valence-corrected chi connectivity index (χ4v) is 17.9. The van der Waals surface area contributed by atoms with Crippen LogP contribution in [0.25, 0.3) is 0 Å². The number of nitrogens with one attached hydrogen (secondary N) is 1. The van der Waals surface area contributed by atoms with Crippen LogP contribution < -0.4 is 69.1 Å². The van der Waals surface area contributed by atoms with E-state index in [9.17, 15) is 42.8 Å². The molecule has 1 spiro atoms. The van der Waals surface area contributed by atoms with Crippen LogP contribution in [0.4, 0.5) is 22.7 Å². The topological polar surface area (TPSA) is 323 Å². The summed E-state index contributed by atoms with van der Waals surface area (Å²) in [5.74, 6) is 1.86. The quantitative estimate of drug-likeness (QED) is 0.00382. The van der Waals surface area contributed by atoms with Gasteiger partial charge in [0.2, 0.25) is 0 Å². The molecule has 1 amide bonds. The summed E-state index contributed by atoms with van der Waals surface area (Å²) in [4.78, 5) is 79.6. The molecule has 0 aromatic heterocycles. The minimum atomic E-state index is -2.42. The first kappa shape index (κ1) is 115. The zero-order valence-electron chi connectivity index (χ0n) is 78.1. The number of aliphatic imine (C=N–C) groups is 2. The number of unbranched alkanes of at least 4 members (excludes halogenated alkanes) is 2. The second-order valence-corrected chi connectivity index (χ2v) is 37.6. The number of ether oxygens (including phenoxy) is 6. The maximum atomic E-state index is 13.5. The van der Waals surface area contributed by atoms with Gasteiger partial charge in [-0.05, 0) is 256 Å². The van der Waals surface area contributed by atoms with Crippen molar-refractivity contribution in [3.63, 3.8) is 0 Å². The van der Waals surface area contributed by atoms with E-state index in [4.69, 9.17) is 120 Å². The van der Waals surface area contributed by atoms with E-state index in [0.29, 0.717) is 65.3 Å². The molecule has 11 rings (SSSR count). The molecule has 0 radical (unpaired) electrons. The number of carbonyl (C=O) groups excluding carboxylic acids is 6. The standard InChI is InChI=1S/C31H44O3.C25H21Cl4N5O.C16H32O5S.C11H10Cl2O4.C8H6O4S.C7H7ClO2.Na/c1-9-12-32-26-16-22-24(15-21(26)4)31(19-29(22,5)6)20-30(7,8)23-17-27(33-13-10-2)28(18-25(23)31)34-14-11-3;1-4-33(3)17-8-6-16(7-9-17)30-22-24(31-21-11-14(2)5-10-18(21)27)32-34(25(22)35)23-19(28)12-15(26)13-20(23)29;1-4-7-10-14(11-8-5-2)13-19-16(17)12-15(9-6-3)22-21-20-18;1-3-16-11(15)7-4-8(12)10(9(13)5-7)17-6(2)14;9-4-6-1-7(5-10)3-8(2-6)13(11)12;1-4-2-7(10)5(8)3-6(4)9;/h15-18H,9-14,19-20H2,1-8H3;5-13H,4H2,1-3H3,(H,31,32);14-15,18H,4-13H2,1-3H3;4-5H,3H2,1-2H3;1-5H,(H,11,12);2-3,9-10H,1H3;/q;;;;;;+1/p-2. The first-order chi connectivity index (χ1) is 62.2. The molecule has 712 valence electrons. The van der Waals surface area contributed by atoms with Gasteiger partial charge in [0.15, 0.2) is 28.8 Å². The third-order valence-electron chi connectivity index (χ3n) is 21.2. The molecule has 0 saturated carbocycles. The van der Waals surface area contributed by atoms with Gasteiger partial charge in [-0.15, -0.1) is 0 Å². The molecule has 3 N–H and O–H groups in total. The van der Waals surface area contributed by atoms with Crippen LogP contribution in [0, 0.1) is 26.7 Å². The van der Waals surface area contributed by atoms with Gasteiger partial charge in [0.05, 0.1) is 86.5 Å². The molecule has 24 nitrogen and oxygen atoms in total. The molecule has 8 aromatic rings. The first-order valence-corrected chi connectivity index (χ1v) is 47.9. The predicted octanol–water partition coefficient (Wildman–Crippen LogP) is 22.1. The van der Waals surface area contributed by atoms with Crippen LogP contribution in [0.15, 0.2) is 136 Å². The Kier molecular flexibility index (Phi) is 48.8. The number of amides is 1. The second kappa shape index (κ2) is 56.1. The van der Waals surface area contributed by atoms with Gasteiger partial charge in [-0.3, -0.25) is 38.6 Å². The number of carbonyl (C=O) groups is 6. The third-order valence-corrected chi connectivity index (χ3v) is 24.6. The number of hydrogen-bond donors (Lipinski definition) is 3. The number of rotatable bonds is 35. The monoisotopic (exact) mass is 2000 g/mol. The average molecular weight is 2010 g/mol. The van der Waals surface area contributed by atoms with E-state index in [1.54, 1.807) is 19.9 Å². The van der Waals surface area contributed by atoms with Gasteiger partial charge in [0.25, 0.3) is 5.91 Å². The van der Waals surface area contributed by atoms with Crippen molar-refractivity contribution in [1.29, 1.82) is 0 Å². The van der Waals surface area contributed by atoms with Crippen molar-refractivity contribution in [2.45, 2.75) is 227 Å². The molecular weight excluding hydrogens is 1890 g/mol. The predicted molar refractivity (Wildman–Crippen MR) is 523 cm³/mol. The molecule has 34 heteroatoms. The number of aldehydes is 2. The number of amidine groups is 1. The Balaban J connectivity index is 0.000000294. The fraction of sp³-hybridized carbons (Fsp3) is 0.429. The minimum Gasteiger partial charge on any atom is -0.768 e. The molecule has 1 saturated heterocycles. The number of halogens is 7. The zero-order chi connectivity index (χ0) is 97.2. The summed E-state index contributed by atoms with van der Waals surface area (Å²) in [5.41, 5.74) is 14.7. The first-order valence-electron chi connectivity index (χ1n) is 43.4. The summed E-state index contributed by atoms with van der Waals surface area (Å²) < 4.78 is 59.0. The third kappa shape index (κ3) is 33.3. The van der Waals surface area contributed by atoms with Crippen molar-refractivity contribution >= 4 is 175 Å². The molecule has 2 aliphatic carbocycles. The van der Waals surface area contributed by atoms with Gasteiger partial charge in [0, 0.05) is 76.0 Å². The maximum absolute atomic E-state index is 13.5. The van der Waals surface area contributed by atoms with Crippen LogP contribution >= 0.6 is 93.2 Å². The Morgan fingerprint density at radius 3 is 1.65 bits per heavy atom. The number of nitrogens with zero attached hydrogens (tertiary/aromatic N) is 4. The largest absolute Gasteiger partial charge is 1.00 e. The molecule has 132 heavy (non-hydrogen) atoms. The summed E-state index contributed by atoms with van der Waals surface area (Å²) in [6, 6.07) is 34.5. The summed E-state index contributed by atoms with van der Waals surface area (Å²) >= 11 is 40.9. The van der Waals surface area contributed by atoms with Gasteiger partial charge >= 0.3 is 47.5 Å². The maximum Gasteiger partial charge on any atom is 1.00 e. The average Bonchev–Trinajstić information content (AvgIpc) is 1.52. The molecular formula is C98H118Cl7N5NaO19S2-. The molecule has 3 unspecified atom stereocenters. The van der Waals surface area contributed by atoms with Crippen molar-refractivity contribution in [2.75, 3.05) is 56.5 Å². The van der Waals surface area contributed by atoms with Crippen LogP contribution in [0.5, 0.6) is 34.5 Å². The normalized spacial score (nSPS) is 15.0. The molecule has 1 aliphatic heterocycles. The van der Waals surface area contributed by atoms with Crippen LogP contribution in [-0.2, 0) is 60.6 Å². The number of hydrogen-bond acceptors (Lipinski definition) is 23. The Labute approximate surface area is 839 Å². The van der Waals surface area contributed by atoms with E-state index in [1.807, 2.05) is 57.3 Å². The summed E-state index contributed by atoms with van der Waals surface area (Å²) in [6.07, 6.45) is 15.0. The summed E-state index contributed by atoms with van der Waals surface area (Å²) in [5, 5.41) is 33.9. The van der Waals surface area contributed by atoms with Crippen molar-refractivity contribution in [3.8, 4) is 34.5 Å². The van der Waals surface area contributed by atoms with Crippen molar-refractivity contribution < 1.29 is 120 Å². The van der Waals surface area contributed by atoms with Gasteiger partial charge in [-0.25, -0.2) is 19.8 Å².